The molecule has 22 heavy (non-hydrogen) atoms. The summed E-state index contributed by atoms with van der Waals surface area (Å²) in [4.78, 5) is 8.58. The van der Waals surface area contributed by atoms with Crippen LogP contribution in [0.15, 0.2) is 23.2 Å². The van der Waals surface area contributed by atoms with Gasteiger partial charge in [0.05, 0.1) is 5.69 Å². The van der Waals surface area contributed by atoms with E-state index in [9.17, 15) is 4.39 Å². The standard InChI is InChI=1S/C17H27FN4/c1-4-21(5-2)16-9-8-14(12-15(16)18)13-20-17(19-3)22-10-6-7-11-22/h8-9,12H,4-7,10-11,13H2,1-3H3,(H,19,20). The third-order valence-corrected chi connectivity index (χ3v) is 4.18. The van der Waals surface area contributed by atoms with Crippen molar-refractivity contribution in [3.05, 3.63) is 29.6 Å². The highest BCUT2D eigenvalue weighted by molar-refractivity contribution is 5.80. The molecule has 0 aromatic heterocycles. The van der Waals surface area contributed by atoms with E-state index in [4.69, 9.17) is 0 Å². The van der Waals surface area contributed by atoms with Gasteiger partial charge in [0.2, 0.25) is 0 Å². The maximum atomic E-state index is 14.3. The zero-order valence-corrected chi connectivity index (χ0v) is 13.9. The molecule has 0 atom stereocenters. The number of anilines is 1. The van der Waals surface area contributed by atoms with Crippen molar-refractivity contribution in [3.8, 4) is 0 Å². The van der Waals surface area contributed by atoms with Gasteiger partial charge in [0.25, 0.3) is 0 Å². The molecule has 1 heterocycles. The van der Waals surface area contributed by atoms with Gasteiger partial charge >= 0.3 is 0 Å². The first kappa shape index (κ1) is 16.6. The Labute approximate surface area is 133 Å². The van der Waals surface area contributed by atoms with Crippen LogP contribution in [0.1, 0.15) is 32.3 Å². The molecule has 1 N–H and O–H groups in total. The van der Waals surface area contributed by atoms with Crippen LogP contribution in [0.3, 0.4) is 0 Å². The van der Waals surface area contributed by atoms with Crippen LogP contribution in [0.2, 0.25) is 0 Å². The van der Waals surface area contributed by atoms with Gasteiger partial charge in [0.1, 0.15) is 5.82 Å². The zero-order chi connectivity index (χ0) is 15.9. The summed E-state index contributed by atoms with van der Waals surface area (Å²) in [6.45, 7) is 8.40. The molecule has 1 fully saturated rings. The van der Waals surface area contributed by atoms with Gasteiger partial charge in [-0.1, -0.05) is 6.07 Å². The van der Waals surface area contributed by atoms with E-state index in [1.54, 1.807) is 13.1 Å². The second-order valence-electron chi connectivity index (χ2n) is 5.55. The largest absolute Gasteiger partial charge is 0.370 e. The summed E-state index contributed by atoms with van der Waals surface area (Å²) in [6, 6.07) is 5.48. The quantitative estimate of drug-likeness (QED) is 0.670. The average molecular weight is 306 g/mol. The second-order valence-corrected chi connectivity index (χ2v) is 5.55. The number of benzene rings is 1. The molecule has 1 saturated heterocycles. The van der Waals surface area contributed by atoms with Crippen LogP contribution in [-0.4, -0.2) is 44.1 Å². The van der Waals surface area contributed by atoms with E-state index in [1.165, 1.54) is 12.8 Å². The van der Waals surface area contributed by atoms with E-state index in [2.05, 4.69) is 15.2 Å². The van der Waals surface area contributed by atoms with Crippen molar-refractivity contribution < 1.29 is 4.39 Å². The average Bonchev–Trinajstić information content (AvgIpc) is 3.05. The SMILES string of the molecule is CCN(CC)c1ccc(CNC(=NC)N2CCCC2)cc1F. The Balaban J connectivity index is 2.00. The van der Waals surface area contributed by atoms with Crippen molar-refractivity contribution in [2.75, 3.05) is 38.1 Å². The number of guanidine groups is 1. The lowest BCUT2D eigenvalue weighted by Gasteiger charge is -2.23. The minimum absolute atomic E-state index is 0.154. The molecule has 0 amide bonds. The molecule has 0 unspecified atom stereocenters. The Morgan fingerprint density at radius 3 is 2.50 bits per heavy atom. The van der Waals surface area contributed by atoms with Crippen molar-refractivity contribution in [3.63, 3.8) is 0 Å². The van der Waals surface area contributed by atoms with Crippen molar-refractivity contribution in [2.24, 2.45) is 4.99 Å². The molecule has 1 aliphatic rings. The number of aliphatic imine (C=N–C) groups is 1. The number of hydrogen-bond donors (Lipinski definition) is 1. The molecule has 4 nitrogen and oxygen atoms in total. The molecule has 122 valence electrons. The molecular weight excluding hydrogens is 279 g/mol. The second kappa shape index (κ2) is 8.01. The summed E-state index contributed by atoms with van der Waals surface area (Å²) in [5, 5.41) is 3.33. The van der Waals surface area contributed by atoms with Crippen LogP contribution >= 0.6 is 0 Å². The predicted octanol–water partition coefficient (Wildman–Crippen LogP) is 2.84. The monoisotopic (exact) mass is 306 g/mol. The van der Waals surface area contributed by atoms with Crippen LogP contribution < -0.4 is 10.2 Å². The first-order chi connectivity index (χ1) is 10.7. The molecule has 0 radical (unpaired) electrons. The predicted molar refractivity (Wildman–Crippen MR) is 91.0 cm³/mol. The first-order valence-corrected chi connectivity index (χ1v) is 8.18. The molecule has 2 rings (SSSR count). The molecule has 5 heteroatoms. The fraction of sp³-hybridized carbons (Fsp3) is 0.588. The van der Waals surface area contributed by atoms with E-state index in [0.29, 0.717) is 12.2 Å². The number of nitrogens with one attached hydrogen (secondary N) is 1. The van der Waals surface area contributed by atoms with E-state index in [-0.39, 0.29) is 5.82 Å². The number of likely N-dealkylation sites (tertiary alicyclic amines) is 1. The Kier molecular flexibility index (Phi) is 6.04. The molecule has 1 aromatic carbocycles. The van der Waals surface area contributed by atoms with Crippen LogP contribution in [0.5, 0.6) is 0 Å². The van der Waals surface area contributed by atoms with Gasteiger partial charge in [-0.25, -0.2) is 4.39 Å². The van der Waals surface area contributed by atoms with Crippen LogP contribution in [-0.2, 0) is 6.54 Å². The third kappa shape index (κ3) is 3.90. The summed E-state index contributed by atoms with van der Waals surface area (Å²) in [6.07, 6.45) is 2.43. The van der Waals surface area contributed by atoms with Gasteiger partial charge in [-0.15, -0.1) is 0 Å². The smallest absolute Gasteiger partial charge is 0.193 e. The van der Waals surface area contributed by atoms with Crippen molar-refractivity contribution in [2.45, 2.75) is 33.2 Å². The van der Waals surface area contributed by atoms with E-state index >= 15 is 0 Å². The van der Waals surface area contributed by atoms with Crippen LogP contribution in [0.4, 0.5) is 10.1 Å². The lowest BCUT2D eigenvalue weighted by molar-refractivity contribution is 0.493. The normalized spacial score (nSPS) is 15.3. The zero-order valence-electron chi connectivity index (χ0n) is 13.9. The number of halogens is 1. The highest BCUT2D eigenvalue weighted by atomic mass is 19.1. The Hall–Kier alpha value is -1.78. The topological polar surface area (TPSA) is 30.9 Å². The summed E-state index contributed by atoms with van der Waals surface area (Å²) in [5.41, 5.74) is 1.62. The van der Waals surface area contributed by atoms with Crippen molar-refractivity contribution >= 4 is 11.6 Å². The van der Waals surface area contributed by atoms with Gasteiger partial charge in [-0.3, -0.25) is 4.99 Å². The first-order valence-electron chi connectivity index (χ1n) is 8.18. The molecule has 0 saturated carbocycles. The molecule has 1 aromatic rings. The Morgan fingerprint density at radius 1 is 1.27 bits per heavy atom. The maximum Gasteiger partial charge on any atom is 0.193 e. The summed E-state index contributed by atoms with van der Waals surface area (Å²) in [5.74, 6) is 0.755. The van der Waals surface area contributed by atoms with E-state index in [0.717, 1.165) is 37.7 Å². The lowest BCUT2D eigenvalue weighted by Crippen LogP contribution is -2.39. The minimum atomic E-state index is -0.154. The van der Waals surface area contributed by atoms with Gasteiger partial charge in [-0.2, -0.15) is 0 Å². The summed E-state index contributed by atoms with van der Waals surface area (Å²) < 4.78 is 14.3. The summed E-state index contributed by atoms with van der Waals surface area (Å²) in [7, 11) is 1.80. The molecular formula is C17H27FN4. The molecule has 0 spiro atoms. The Bertz CT molecular complexity index is 505. The van der Waals surface area contributed by atoms with Crippen molar-refractivity contribution in [1.82, 2.24) is 10.2 Å². The summed E-state index contributed by atoms with van der Waals surface area (Å²) >= 11 is 0. The van der Waals surface area contributed by atoms with Crippen molar-refractivity contribution in [1.29, 1.82) is 0 Å². The molecule has 0 aliphatic carbocycles. The van der Waals surface area contributed by atoms with Gasteiger partial charge in [-0.05, 0) is 44.4 Å². The van der Waals surface area contributed by atoms with E-state index < -0.39 is 0 Å². The van der Waals surface area contributed by atoms with Crippen LogP contribution in [0.25, 0.3) is 0 Å². The minimum Gasteiger partial charge on any atom is -0.370 e. The molecule has 1 aliphatic heterocycles. The fourth-order valence-electron chi connectivity index (χ4n) is 2.92. The Morgan fingerprint density at radius 2 is 1.95 bits per heavy atom. The number of hydrogen-bond acceptors (Lipinski definition) is 2. The van der Waals surface area contributed by atoms with Gasteiger partial charge in [0.15, 0.2) is 5.96 Å². The van der Waals surface area contributed by atoms with Crippen LogP contribution in [0, 0.1) is 5.82 Å². The highest BCUT2D eigenvalue weighted by Crippen LogP contribution is 2.20. The lowest BCUT2D eigenvalue weighted by atomic mass is 10.2. The number of rotatable bonds is 5. The number of nitrogens with zero attached hydrogens (tertiary/aromatic N) is 3. The molecule has 0 bridgehead atoms. The fourth-order valence-corrected chi connectivity index (χ4v) is 2.92. The van der Waals surface area contributed by atoms with Gasteiger partial charge in [0, 0.05) is 39.8 Å². The third-order valence-electron chi connectivity index (χ3n) is 4.18. The maximum absolute atomic E-state index is 14.3. The van der Waals surface area contributed by atoms with Gasteiger partial charge < -0.3 is 15.1 Å². The highest BCUT2D eigenvalue weighted by Gasteiger charge is 2.15. The van der Waals surface area contributed by atoms with E-state index in [1.807, 2.05) is 30.9 Å².